The molecule has 0 bridgehead atoms. The van der Waals surface area contributed by atoms with Gasteiger partial charge in [-0.15, -0.1) is 0 Å². The standard InChI is InChI=1S/C53H48/c1-33-25-46-44-24-21-41(51(2,3)4)31-49(44)53(7,8)50(46)32-45(33)37-20-23-43-42-22-19-36(29-47(42)52(5,6)48(43)30-37)40-27-38(34-15-11-9-12-16-34)26-39(28-40)35-17-13-10-14-18-35/h9-32H,1-8H3. The van der Waals surface area contributed by atoms with Crippen LogP contribution >= 0.6 is 0 Å². The van der Waals surface area contributed by atoms with Crippen molar-refractivity contribution in [1.29, 1.82) is 0 Å². The van der Waals surface area contributed by atoms with Crippen LogP contribution < -0.4 is 0 Å². The molecule has 0 fully saturated rings. The molecule has 0 heterocycles. The van der Waals surface area contributed by atoms with Gasteiger partial charge in [0, 0.05) is 10.8 Å². The summed E-state index contributed by atoms with van der Waals surface area (Å²) < 4.78 is 0. The Morgan fingerprint density at radius 3 is 1.32 bits per heavy atom. The summed E-state index contributed by atoms with van der Waals surface area (Å²) >= 11 is 0. The van der Waals surface area contributed by atoms with Gasteiger partial charge in [0.15, 0.2) is 0 Å². The zero-order valence-electron chi connectivity index (χ0n) is 32.4. The summed E-state index contributed by atoms with van der Waals surface area (Å²) in [5.41, 5.74) is 23.9. The molecule has 0 saturated carbocycles. The number of hydrogen-bond donors (Lipinski definition) is 0. The van der Waals surface area contributed by atoms with Gasteiger partial charge in [-0.05, 0) is 149 Å². The molecule has 0 atom stereocenters. The van der Waals surface area contributed by atoms with Gasteiger partial charge in [0.1, 0.15) is 0 Å². The van der Waals surface area contributed by atoms with Crippen molar-refractivity contribution < 1.29 is 0 Å². The van der Waals surface area contributed by atoms with Crippen molar-refractivity contribution in [3.8, 4) is 66.8 Å². The molecular weight excluding hydrogens is 637 g/mol. The highest BCUT2D eigenvalue weighted by molar-refractivity contribution is 5.90. The molecule has 2 aliphatic rings. The third kappa shape index (κ3) is 5.34. The highest BCUT2D eigenvalue weighted by Gasteiger charge is 2.38. The summed E-state index contributed by atoms with van der Waals surface area (Å²) in [5, 5.41) is 0. The first-order chi connectivity index (χ1) is 25.3. The van der Waals surface area contributed by atoms with Gasteiger partial charge < -0.3 is 0 Å². The second-order valence-corrected chi connectivity index (χ2v) is 17.5. The molecule has 7 aromatic carbocycles. The second kappa shape index (κ2) is 11.8. The molecule has 0 aromatic heterocycles. The van der Waals surface area contributed by atoms with Gasteiger partial charge in [0.25, 0.3) is 0 Å². The van der Waals surface area contributed by atoms with Crippen LogP contribution in [0.2, 0.25) is 0 Å². The van der Waals surface area contributed by atoms with E-state index in [0.717, 1.165) is 0 Å². The Morgan fingerprint density at radius 1 is 0.340 bits per heavy atom. The minimum Gasteiger partial charge on any atom is -0.0622 e. The van der Waals surface area contributed by atoms with Crippen LogP contribution in [0, 0.1) is 6.92 Å². The first-order valence-corrected chi connectivity index (χ1v) is 19.2. The minimum absolute atomic E-state index is 0.0603. The molecular formula is C53H48. The first-order valence-electron chi connectivity index (χ1n) is 19.2. The van der Waals surface area contributed by atoms with Crippen LogP contribution in [0.25, 0.3) is 66.8 Å². The van der Waals surface area contributed by atoms with Crippen LogP contribution in [0.15, 0.2) is 146 Å². The predicted molar refractivity (Wildman–Crippen MR) is 227 cm³/mol. The van der Waals surface area contributed by atoms with E-state index in [9.17, 15) is 0 Å². The molecule has 0 unspecified atom stereocenters. The molecule has 7 aromatic rings. The van der Waals surface area contributed by atoms with E-state index in [4.69, 9.17) is 0 Å². The number of aryl methyl sites for hydroxylation is 1. The molecule has 0 aliphatic heterocycles. The maximum absolute atomic E-state index is 2.50. The lowest BCUT2D eigenvalue weighted by Gasteiger charge is -2.26. The summed E-state index contributed by atoms with van der Waals surface area (Å²) in [5.74, 6) is 0. The van der Waals surface area contributed by atoms with Crippen molar-refractivity contribution >= 4 is 0 Å². The maximum Gasteiger partial charge on any atom is 0.0159 e. The van der Waals surface area contributed by atoms with Gasteiger partial charge in [-0.1, -0.05) is 158 Å². The van der Waals surface area contributed by atoms with Crippen LogP contribution in [0.5, 0.6) is 0 Å². The lowest BCUT2D eigenvalue weighted by molar-refractivity contribution is 0.584. The smallest absolute Gasteiger partial charge is 0.0159 e. The van der Waals surface area contributed by atoms with E-state index in [1.165, 1.54) is 100 Å². The number of fused-ring (bicyclic) bond motifs is 6. The third-order valence-electron chi connectivity index (χ3n) is 12.4. The van der Waals surface area contributed by atoms with E-state index in [0.29, 0.717) is 0 Å². The van der Waals surface area contributed by atoms with Gasteiger partial charge in [0.2, 0.25) is 0 Å². The normalized spacial score (nSPS) is 14.7. The molecule has 0 nitrogen and oxygen atoms in total. The van der Waals surface area contributed by atoms with Gasteiger partial charge >= 0.3 is 0 Å². The maximum atomic E-state index is 2.50. The van der Waals surface area contributed by atoms with Gasteiger partial charge in [0.05, 0.1) is 0 Å². The highest BCUT2D eigenvalue weighted by Crippen LogP contribution is 2.54. The average molecular weight is 685 g/mol. The van der Waals surface area contributed by atoms with Crippen LogP contribution in [-0.4, -0.2) is 0 Å². The van der Waals surface area contributed by atoms with Crippen LogP contribution in [0.4, 0.5) is 0 Å². The topological polar surface area (TPSA) is 0 Å². The molecule has 2 aliphatic carbocycles. The SMILES string of the molecule is Cc1cc2c(cc1-c1ccc3c(c1)C(C)(C)c1cc(-c4cc(-c5ccccc5)cc(-c5ccccc5)c4)ccc1-3)C(C)(C)c1cc(C(C)(C)C)ccc1-2. The van der Waals surface area contributed by atoms with Crippen LogP contribution in [0.3, 0.4) is 0 Å². The quantitative estimate of drug-likeness (QED) is 0.173. The average Bonchev–Trinajstić information content (AvgIpc) is 3.52. The van der Waals surface area contributed by atoms with Crippen molar-refractivity contribution in [2.75, 3.05) is 0 Å². The van der Waals surface area contributed by atoms with E-state index >= 15 is 0 Å². The number of hydrogen-bond acceptors (Lipinski definition) is 0. The Bertz CT molecular complexity index is 2510. The first kappa shape index (κ1) is 33.4. The van der Waals surface area contributed by atoms with Crippen molar-refractivity contribution in [3.05, 3.63) is 179 Å². The van der Waals surface area contributed by atoms with E-state index in [1.54, 1.807) is 0 Å². The molecule has 260 valence electrons. The Morgan fingerprint density at radius 2 is 0.774 bits per heavy atom. The predicted octanol–water partition coefficient (Wildman–Crippen LogP) is 14.6. The summed E-state index contributed by atoms with van der Waals surface area (Å²) in [6.45, 7) is 18.8. The number of rotatable bonds is 4. The second-order valence-electron chi connectivity index (χ2n) is 17.5. The molecule has 0 N–H and O–H groups in total. The monoisotopic (exact) mass is 684 g/mol. The zero-order valence-corrected chi connectivity index (χ0v) is 32.4. The van der Waals surface area contributed by atoms with Crippen molar-refractivity contribution in [2.24, 2.45) is 0 Å². The van der Waals surface area contributed by atoms with E-state index < -0.39 is 0 Å². The fourth-order valence-electron chi connectivity index (χ4n) is 9.14. The molecule has 9 rings (SSSR count). The molecule has 0 heteroatoms. The van der Waals surface area contributed by atoms with Crippen molar-refractivity contribution in [1.82, 2.24) is 0 Å². The fourth-order valence-corrected chi connectivity index (χ4v) is 9.14. The van der Waals surface area contributed by atoms with E-state index in [1.807, 2.05) is 0 Å². The van der Waals surface area contributed by atoms with Gasteiger partial charge in [-0.25, -0.2) is 0 Å². The lowest BCUT2D eigenvalue weighted by atomic mass is 9.78. The van der Waals surface area contributed by atoms with Crippen molar-refractivity contribution in [3.63, 3.8) is 0 Å². The van der Waals surface area contributed by atoms with E-state index in [2.05, 4.69) is 201 Å². The Kier molecular flexibility index (Phi) is 7.42. The lowest BCUT2D eigenvalue weighted by Crippen LogP contribution is -2.18. The Balaban J connectivity index is 1.11. The zero-order chi connectivity index (χ0) is 36.9. The van der Waals surface area contributed by atoms with Crippen LogP contribution in [0.1, 0.15) is 81.8 Å². The Labute approximate surface area is 316 Å². The summed E-state index contributed by atoms with van der Waals surface area (Å²) in [7, 11) is 0. The third-order valence-corrected chi connectivity index (χ3v) is 12.4. The number of benzene rings is 7. The van der Waals surface area contributed by atoms with Gasteiger partial charge in [-0.3, -0.25) is 0 Å². The summed E-state index contributed by atoms with van der Waals surface area (Å²) in [4.78, 5) is 0. The molecule has 0 amide bonds. The van der Waals surface area contributed by atoms with Gasteiger partial charge in [-0.2, -0.15) is 0 Å². The molecule has 53 heavy (non-hydrogen) atoms. The van der Waals surface area contributed by atoms with Crippen molar-refractivity contribution in [2.45, 2.75) is 71.6 Å². The fraction of sp³-hybridized carbons (Fsp3) is 0.208. The molecule has 0 radical (unpaired) electrons. The van der Waals surface area contributed by atoms with Crippen LogP contribution in [-0.2, 0) is 16.2 Å². The highest BCUT2D eigenvalue weighted by atomic mass is 14.4. The minimum atomic E-state index is -0.139. The Hall–Kier alpha value is -5.46. The molecule has 0 spiro atoms. The molecule has 0 saturated heterocycles. The largest absolute Gasteiger partial charge is 0.0622 e. The van der Waals surface area contributed by atoms with E-state index in [-0.39, 0.29) is 16.2 Å². The summed E-state index contributed by atoms with van der Waals surface area (Å²) in [6.07, 6.45) is 0. The summed E-state index contributed by atoms with van der Waals surface area (Å²) in [6, 6.07) is 55.0.